The zero-order chi connectivity index (χ0) is 16.9. The van der Waals surface area contributed by atoms with Crippen molar-refractivity contribution >= 4 is 0 Å². The summed E-state index contributed by atoms with van der Waals surface area (Å²) in [5, 5.41) is 13.0. The van der Waals surface area contributed by atoms with Gasteiger partial charge in [0.2, 0.25) is 5.89 Å². The highest BCUT2D eigenvalue weighted by atomic mass is 16.5. The van der Waals surface area contributed by atoms with E-state index in [1.807, 2.05) is 25.1 Å². The molecule has 1 aliphatic rings. The Morgan fingerprint density at radius 3 is 2.96 bits per heavy atom. The van der Waals surface area contributed by atoms with Crippen molar-refractivity contribution < 1.29 is 9.26 Å². The van der Waals surface area contributed by atoms with Gasteiger partial charge in [-0.2, -0.15) is 10.2 Å². The quantitative estimate of drug-likeness (QED) is 0.825. The van der Waals surface area contributed by atoms with Crippen molar-refractivity contribution in [2.75, 3.05) is 39.8 Å². The molecule has 1 aromatic heterocycles. The lowest BCUT2D eigenvalue weighted by Crippen LogP contribution is -2.47. The average molecular weight is 327 g/mol. The number of hydrogen-bond donors (Lipinski definition) is 0. The lowest BCUT2D eigenvalue weighted by Gasteiger charge is -2.37. The van der Waals surface area contributed by atoms with Crippen molar-refractivity contribution in [1.29, 1.82) is 5.26 Å². The van der Waals surface area contributed by atoms with Crippen LogP contribution in [0.5, 0.6) is 5.75 Å². The van der Waals surface area contributed by atoms with E-state index in [0.29, 0.717) is 29.6 Å². The molecule has 1 fully saturated rings. The first kappa shape index (κ1) is 16.4. The maximum absolute atomic E-state index is 9.09. The molecule has 0 saturated carbocycles. The fraction of sp³-hybridized carbons (Fsp3) is 0.471. The minimum Gasteiger partial charge on any atom is -0.491 e. The summed E-state index contributed by atoms with van der Waals surface area (Å²) < 4.78 is 11.1. The first-order valence-electron chi connectivity index (χ1n) is 8.02. The average Bonchev–Trinajstić information content (AvgIpc) is 3.03. The number of aromatic nitrogens is 2. The second-order valence-corrected chi connectivity index (χ2v) is 5.93. The molecule has 126 valence electrons. The number of hydrogen-bond acceptors (Lipinski definition) is 7. The molecule has 0 spiro atoms. The number of nitrogens with zero attached hydrogens (tertiary/aromatic N) is 5. The third-order valence-electron chi connectivity index (χ3n) is 4.23. The van der Waals surface area contributed by atoms with E-state index in [0.717, 1.165) is 26.2 Å². The maximum Gasteiger partial charge on any atom is 0.245 e. The number of para-hydroxylation sites is 1. The van der Waals surface area contributed by atoms with Crippen LogP contribution in [-0.4, -0.2) is 59.8 Å². The molecular weight excluding hydrogens is 306 g/mol. The van der Waals surface area contributed by atoms with Gasteiger partial charge in [0.05, 0.1) is 5.56 Å². The molecule has 2 aromatic rings. The molecule has 1 atom stereocenters. The molecule has 1 saturated heterocycles. The minimum absolute atomic E-state index is 0.103. The van der Waals surface area contributed by atoms with Crippen molar-refractivity contribution in [3.05, 3.63) is 41.5 Å². The maximum atomic E-state index is 9.09. The smallest absolute Gasteiger partial charge is 0.245 e. The van der Waals surface area contributed by atoms with Crippen molar-refractivity contribution in [3.8, 4) is 11.8 Å². The van der Waals surface area contributed by atoms with E-state index in [2.05, 4.69) is 33.1 Å². The van der Waals surface area contributed by atoms with Crippen LogP contribution in [0.1, 0.15) is 23.3 Å². The Labute approximate surface area is 141 Å². The Kier molecular flexibility index (Phi) is 5.08. The van der Waals surface area contributed by atoms with Crippen molar-refractivity contribution in [2.24, 2.45) is 0 Å². The first-order valence-corrected chi connectivity index (χ1v) is 8.02. The Hall–Kier alpha value is -2.43. The molecular formula is C17H21N5O2. The third kappa shape index (κ3) is 3.72. The van der Waals surface area contributed by atoms with E-state index < -0.39 is 0 Å². The summed E-state index contributed by atoms with van der Waals surface area (Å²) in [4.78, 5) is 8.91. The molecule has 2 heterocycles. The van der Waals surface area contributed by atoms with Crippen LogP contribution in [0, 0.1) is 18.3 Å². The lowest BCUT2D eigenvalue weighted by molar-refractivity contribution is 0.0671. The number of rotatable bonds is 5. The van der Waals surface area contributed by atoms with Crippen molar-refractivity contribution in [2.45, 2.75) is 13.0 Å². The molecule has 0 radical (unpaired) electrons. The van der Waals surface area contributed by atoms with Crippen LogP contribution in [0.25, 0.3) is 0 Å². The number of aryl methyl sites for hydroxylation is 1. The molecule has 0 unspecified atom stereocenters. The predicted molar refractivity (Wildman–Crippen MR) is 87.5 cm³/mol. The van der Waals surface area contributed by atoms with Gasteiger partial charge in [0.25, 0.3) is 0 Å². The number of ether oxygens (including phenoxy) is 1. The normalized spacial score (nSPS) is 19.1. The van der Waals surface area contributed by atoms with E-state index in [1.54, 1.807) is 6.07 Å². The highest BCUT2D eigenvalue weighted by Crippen LogP contribution is 2.22. The Bertz CT molecular complexity index is 724. The van der Waals surface area contributed by atoms with Crippen LogP contribution >= 0.6 is 0 Å². The molecule has 0 bridgehead atoms. The van der Waals surface area contributed by atoms with Gasteiger partial charge < -0.3 is 9.26 Å². The summed E-state index contributed by atoms with van der Waals surface area (Å²) in [6, 6.07) is 9.55. The Morgan fingerprint density at radius 2 is 2.21 bits per heavy atom. The van der Waals surface area contributed by atoms with Gasteiger partial charge >= 0.3 is 0 Å². The number of likely N-dealkylation sites (N-methyl/N-ethyl adjacent to an activating group) is 1. The monoisotopic (exact) mass is 327 g/mol. The summed E-state index contributed by atoms with van der Waals surface area (Å²) in [6.45, 7) is 5.87. The van der Waals surface area contributed by atoms with Gasteiger partial charge in [-0.25, -0.2) is 0 Å². The molecule has 24 heavy (non-hydrogen) atoms. The topological polar surface area (TPSA) is 78.4 Å². The first-order chi connectivity index (χ1) is 11.7. The molecule has 3 rings (SSSR count). The predicted octanol–water partition coefficient (Wildman–Crippen LogP) is 1.62. The largest absolute Gasteiger partial charge is 0.491 e. The molecule has 1 aromatic carbocycles. The highest BCUT2D eigenvalue weighted by Gasteiger charge is 2.29. The summed E-state index contributed by atoms with van der Waals surface area (Å²) in [5.74, 6) is 1.96. The van der Waals surface area contributed by atoms with E-state index >= 15 is 0 Å². The fourth-order valence-corrected chi connectivity index (χ4v) is 2.82. The second-order valence-electron chi connectivity index (χ2n) is 5.93. The Morgan fingerprint density at radius 1 is 1.38 bits per heavy atom. The SMILES string of the molecule is Cc1noc([C@@H]2CN(CCOc3ccccc3C#N)CCN2C)n1. The molecule has 7 heteroatoms. The molecule has 0 N–H and O–H groups in total. The van der Waals surface area contributed by atoms with E-state index in [-0.39, 0.29) is 6.04 Å². The number of piperazine rings is 1. The number of benzene rings is 1. The molecule has 0 amide bonds. The van der Waals surface area contributed by atoms with Crippen LogP contribution in [0.2, 0.25) is 0 Å². The van der Waals surface area contributed by atoms with Gasteiger partial charge in [0.1, 0.15) is 24.5 Å². The molecule has 1 aliphatic heterocycles. The van der Waals surface area contributed by atoms with Crippen LogP contribution in [-0.2, 0) is 0 Å². The zero-order valence-electron chi connectivity index (χ0n) is 14.0. The van der Waals surface area contributed by atoms with E-state index in [9.17, 15) is 0 Å². The van der Waals surface area contributed by atoms with E-state index in [4.69, 9.17) is 14.5 Å². The third-order valence-corrected chi connectivity index (χ3v) is 4.23. The highest BCUT2D eigenvalue weighted by molar-refractivity contribution is 5.42. The van der Waals surface area contributed by atoms with Gasteiger partial charge in [0.15, 0.2) is 5.82 Å². The molecule has 0 aliphatic carbocycles. The second kappa shape index (κ2) is 7.43. The van der Waals surface area contributed by atoms with E-state index in [1.165, 1.54) is 0 Å². The van der Waals surface area contributed by atoms with Crippen molar-refractivity contribution in [1.82, 2.24) is 19.9 Å². The number of nitriles is 1. The summed E-state index contributed by atoms with van der Waals surface area (Å²) in [7, 11) is 2.07. The molecule has 7 nitrogen and oxygen atoms in total. The lowest BCUT2D eigenvalue weighted by atomic mass is 10.2. The van der Waals surface area contributed by atoms with Crippen LogP contribution in [0.3, 0.4) is 0 Å². The summed E-state index contributed by atoms with van der Waals surface area (Å²) in [5.41, 5.74) is 0.565. The Balaban J connectivity index is 1.55. The van der Waals surface area contributed by atoms with Gasteiger partial charge in [-0.3, -0.25) is 9.80 Å². The van der Waals surface area contributed by atoms with Crippen molar-refractivity contribution in [3.63, 3.8) is 0 Å². The summed E-state index contributed by atoms with van der Waals surface area (Å²) >= 11 is 0. The van der Waals surface area contributed by atoms with Gasteiger partial charge in [-0.05, 0) is 26.1 Å². The fourth-order valence-electron chi connectivity index (χ4n) is 2.82. The zero-order valence-corrected chi connectivity index (χ0v) is 14.0. The minimum atomic E-state index is 0.103. The van der Waals surface area contributed by atoms with Crippen LogP contribution < -0.4 is 4.74 Å². The van der Waals surface area contributed by atoms with Gasteiger partial charge in [0, 0.05) is 26.2 Å². The van der Waals surface area contributed by atoms with Gasteiger partial charge in [-0.15, -0.1) is 0 Å². The van der Waals surface area contributed by atoms with Crippen LogP contribution in [0.15, 0.2) is 28.8 Å². The van der Waals surface area contributed by atoms with Crippen LogP contribution in [0.4, 0.5) is 0 Å². The standard InChI is InChI=1S/C17H21N5O2/c1-13-19-17(24-20-13)15-12-22(8-7-21(15)2)9-10-23-16-6-4-3-5-14(16)11-18/h3-6,15H,7-10,12H2,1-2H3/t15-/m0/s1. The van der Waals surface area contributed by atoms with Gasteiger partial charge in [-0.1, -0.05) is 17.3 Å². The summed E-state index contributed by atoms with van der Waals surface area (Å²) in [6.07, 6.45) is 0.